The van der Waals surface area contributed by atoms with Gasteiger partial charge in [-0.3, -0.25) is 4.79 Å². The fraction of sp³-hybridized carbons (Fsp3) is 0.706. The highest BCUT2D eigenvalue weighted by Crippen LogP contribution is 2.42. The predicted octanol–water partition coefficient (Wildman–Crippen LogP) is 1.16. The average molecular weight is 336 g/mol. The molecule has 1 aromatic heterocycles. The molecule has 2 aliphatic rings. The second-order valence-electron chi connectivity index (χ2n) is 6.25. The number of carbonyl (C=O) groups is 1. The van der Waals surface area contributed by atoms with Gasteiger partial charge in [0, 0.05) is 6.20 Å². The molecule has 1 aliphatic heterocycles. The summed E-state index contributed by atoms with van der Waals surface area (Å²) in [6.07, 6.45) is 5.53. The smallest absolute Gasteiger partial charge is 0.168 e. The standard InChI is InChI=1S/C17H24N2O5/c20-10-14-2-5-18-16(19-14)17(3-1-4-17)13-23-7-6-21-11-15-12-22-8-9-24-15/h2,5,10,15H,1,3-4,6-9,11-13H2/t15-/m0/s1. The summed E-state index contributed by atoms with van der Waals surface area (Å²) in [5.74, 6) is 0.715. The Balaban J connectivity index is 1.38. The van der Waals surface area contributed by atoms with Crippen molar-refractivity contribution in [3.05, 3.63) is 23.8 Å². The highest BCUT2D eigenvalue weighted by atomic mass is 16.6. The van der Waals surface area contributed by atoms with Crippen LogP contribution in [0, 0.1) is 0 Å². The topological polar surface area (TPSA) is 79.8 Å². The van der Waals surface area contributed by atoms with E-state index in [0.29, 0.717) is 57.8 Å². The molecular formula is C17H24N2O5. The number of hydrogen-bond acceptors (Lipinski definition) is 7. The van der Waals surface area contributed by atoms with E-state index >= 15 is 0 Å². The van der Waals surface area contributed by atoms with Gasteiger partial charge in [0.1, 0.15) is 17.6 Å². The second kappa shape index (κ2) is 8.62. The number of carbonyl (C=O) groups excluding carboxylic acids is 1. The highest BCUT2D eigenvalue weighted by molar-refractivity contribution is 5.71. The molecule has 7 heteroatoms. The first-order valence-corrected chi connectivity index (χ1v) is 8.46. The van der Waals surface area contributed by atoms with Gasteiger partial charge in [-0.05, 0) is 18.9 Å². The Hall–Kier alpha value is -1.41. The van der Waals surface area contributed by atoms with Crippen molar-refractivity contribution in [2.45, 2.75) is 30.8 Å². The van der Waals surface area contributed by atoms with Crippen LogP contribution in [0.4, 0.5) is 0 Å². The number of ether oxygens (including phenoxy) is 4. The normalized spacial score (nSPS) is 22.8. The van der Waals surface area contributed by atoms with Crippen molar-refractivity contribution in [3.8, 4) is 0 Å². The molecule has 1 saturated heterocycles. The second-order valence-corrected chi connectivity index (χ2v) is 6.25. The maximum absolute atomic E-state index is 10.9. The van der Waals surface area contributed by atoms with Crippen LogP contribution >= 0.6 is 0 Å². The van der Waals surface area contributed by atoms with E-state index < -0.39 is 0 Å². The third kappa shape index (κ3) is 4.36. The van der Waals surface area contributed by atoms with Gasteiger partial charge in [-0.2, -0.15) is 0 Å². The number of aromatic nitrogens is 2. The first kappa shape index (κ1) is 17.4. The minimum absolute atomic E-state index is 0.0243. The number of aldehydes is 1. The molecule has 7 nitrogen and oxygen atoms in total. The fourth-order valence-electron chi connectivity index (χ4n) is 2.96. The summed E-state index contributed by atoms with van der Waals surface area (Å²) in [4.78, 5) is 19.6. The van der Waals surface area contributed by atoms with Gasteiger partial charge in [-0.1, -0.05) is 6.42 Å². The molecule has 0 spiro atoms. The molecule has 0 amide bonds. The van der Waals surface area contributed by atoms with E-state index in [4.69, 9.17) is 18.9 Å². The molecule has 0 unspecified atom stereocenters. The van der Waals surface area contributed by atoms with Gasteiger partial charge in [-0.15, -0.1) is 0 Å². The Kier molecular flexibility index (Phi) is 6.25. The molecule has 1 aliphatic carbocycles. The number of rotatable bonds is 9. The fourth-order valence-corrected chi connectivity index (χ4v) is 2.96. The summed E-state index contributed by atoms with van der Waals surface area (Å²) in [6, 6.07) is 1.62. The van der Waals surface area contributed by atoms with Crippen molar-refractivity contribution in [1.82, 2.24) is 9.97 Å². The maximum atomic E-state index is 10.9. The molecular weight excluding hydrogens is 312 g/mol. The summed E-state index contributed by atoms with van der Waals surface area (Å²) >= 11 is 0. The lowest BCUT2D eigenvalue weighted by molar-refractivity contribution is -0.119. The predicted molar refractivity (Wildman–Crippen MR) is 85.1 cm³/mol. The van der Waals surface area contributed by atoms with E-state index in [1.54, 1.807) is 12.3 Å². The SMILES string of the molecule is O=Cc1ccnc(C2(COCCOC[C@H]3COCCO3)CCC2)n1. The largest absolute Gasteiger partial charge is 0.378 e. The summed E-state index contributed by atoms with van der Waals surface area (Å²) in [6.45, 7) is 4.00. The van der Waals surface area contributed by atoms with Gasteiger partial charge in [0.2, 0.25) is 0 Å². The molecule has 1 aromatic rings. The van der Waals surface area contributed by atoms with E-state index in [9.17, 15) is 4.79 Å². The Morgan fingerprint density at radius 2 is 2.17 bits per heavy atom. The van der Waals surface area contributed by atoms with E-state index in [1.165, 1.54) is 0 Å². The molecule has 1 saturated carbocycles. The van der Waals surface area contributed by atoms with Crippen LogP contribution in [-0.2, 0) is 24.4 Å². The average Bonchev–Trinajstić information content (AvgIpc) is 2.60. The first-order valence-electron chi connectivity index (χ1n) is 8.46. The Morgan fingerprint density at radius 1 is 1.29 bits per heavy atom. The number of nitrogens with zero attached hydrogens (tertiary/aromatic N) is 2. The van der Waals surface area contributed by atoms with Crippen LogP contribution in [0.25, 0.3) is 0 Å². The molecule has 2 fully saturated rings. The van der Waals surface area contributed by atoms with Crippen molar-refractivity contribution in [2.75, 3.05) is 46.2 Å². The monoisotopic (exact) mass is 336 g/mol. The molecule has 0 radical (unpaired) electrons. The van der Waals surface area contributed by atoms with Crippen molar-refractivity contribution < 1.29 is 23.7 Å². The maximum Gasteiger partial charge on any atom is 0.168 e. The summed E-state index contributed by atoms with van der Waals surface area (Å²) < 4.78 is 22.2. The van der Waals surface area contributed by atoms with Crippen LogP contribution < -0.4 is 0 Å². The first-order chi connectivity index (χ1) is 11.8. The van der Waals surface area contributed by atoms with Crippen LogP contribution in [0.5, 0.6) is 0 Å². The van der Waals surface area contributed by atoms with Gasteiger partial charge in [0.25, 0.3) is 0 Å². The van der Waals surface area contributed by atoms with Crippen LogP contribution in [0.15, 0.2) is 12.3 Å². The highest BCUT2D eigenvalue weighted by Gasteiger charge is 2.41. The van der Waals surface area contributed by atoms with Crippen molar-refractivity contribution in [2.24, 2.45) is 0 Å². The van der Waals surface area contributed by atoms with Crippen LogP contribution in [0.1, 0.15) is 35.6 Å². The lowest BCUT2D eigenvalue weighted by atomic mass is 9.68. The van der Waals surface area contributed by atoms with Crippen LogP contribution in [-0.4, -0.2) is 68.6 Å². The molecule has 2 heterocycles. The molecule has 0 bridgehead atoms. The zero-order valence-corrected chi connectivity index (χ0v) is 13.8. The third-order valence-corrected chi connectivity index (χ3v) is 4.52. The molecule has 24 heavy (non-hydrogen) atoms. The van der Waals surface area contributed by atoms with E-state index in [2.05, 4.69) is 9.97 Å². The van der Waals surface area contributed by atoms with Gasteiger partial charge in [0.15, 0.2) is 6.29 Å². The summed E-state index contributed by atoms with van der Waals surface area (Å²) in [7, 11) is 0. The minimum atomic E-state index is -0.153. The Morgan fingerprint density at radius 3 is 2.88 bits per heavy atom. The zero-order valence-electron chi connectivity index (χ0n) is 13.8. The van der Waals surface area contributed by atoms with Gasteiger partial charge < -0.3 is 18.9 Å². The Bertz CT molecular complexity index is 529. The number of hydrogen-bond donors (Lipinski definition) is 0. The van der Waals surface area contributed by atoms with Gasteiger partial charge in [0.05, 0.1) is 51.7 Å². The molecule has 3 rings (SSSR count). The summed E-state index contributed by atoms with van der Waals surface area (Å²) in [5.41, 5.74) is 0.267. The van der Waals surface area contributed by atoms with Gasteiger partial charge in [-0.25, -0.2) is 9.97 Å². The van der Waals surface area contributed by atoms with Crippen molar-refractivity contribution >= 4 is 6.29 Å². The minimum Gasteiger partial charge on any atom is -0.378 e. The van der Waals surface area contributed by atoms with E-state index in [-0.39, 0.29) is 11.5 Å². The lowest BCUT2D eigenvalue weighted by Gasteiger charge is -2.40. The van der Waals surface area contributed by atoms with Gasteiger partial charge >= 0.3 is 0 Å². The summed E-state index contributed by atoms with van der Waals surface area (Å²) in [5, 5.41) is 0. The lowest BCUT2D eigenvalue weighted by Crippen LogP contribution is -2.41. The van der Waals surface area contributed by atoms with Crippen molar-refractivity contribution in [3.63, 3.8) is 0 Å². The van der Waals surface area contributed by atoms with Crippen molar-refractivity contribution in [1.29, 1.82) is 0 Å². The quantitative estimate of drug-likeness (QED) is 0.494. The third-order valence-electron chi connectivity index (χ3n) is 4.52. The van der Waals surface area contributed by atoms with E-state index in [1.807, 2.05) is 0 Å². The Labute approximate surface area is 141 Å². The zero-order chi connectivity index (χ0) is 16.7. The van der Waals surface area contributed by atoms with Crippen LogP contribution in [0.3, 0.4) is 0 Å². The molecule has 0 N–H and O–H groups in total. The molecule has 1 atom stereocenters. The van der Waals surface area contributed by atoms with E-state index in [0.717, 1.165) is 25.5 Å². The van der Waals surface area contributed by atoms with Crippen LogP contribution in [0.2, 0.25) is 0 Å². The molecule has 132 valence electrons. The molecule has 0 aromatic carbocycles.